The maximum absolute atomic E-state index is 16.2. The van der Waals surface area contributed by atoms with Gasteiger partial charge in [0.1, 0.15) is 89.5 Å². The normalized spacial score (nSPS) is 27.0. The quantitative estimate of drug-likeness (QED) is 0.0486. The van der Waals surface area contributed by atoms with Gasteiger partial charge >= 0.3 is 5.97 Å². The van der Waals surface area contributed by atoms with Crippen LogP contribution >= 0.6 is 23.2 Å². The number of halogens is 2. The van der Waals surface area contributed by atoms with Gasteiger partial charge in [-0.3, -0.25) is 38.5 Å². The summed E-state index contributed by atoms with van der Waals surface area (Å²) in [5.41, 5.74) is 4.39. The average Bonchev–Trinajstić information content (AvgIpc) is 0.766. The molecule has 7 amide bonds. The van der Waals surface area contributed by atoms with Crippen molar-refractivity contribution in [2.45, 2.75) is 176 Å². The molecule has 117 heavy (non-hydrogen) atoms. The van der Waals surface area contributed by atoms with Gasteiger partial charge in [-0.1, -0.05) is 73.4 Å². The van der Waals surface area contributed by atoms with Crippen molar-refractivity contribution in [2.24, 2.45) is 11.7 Å². The lowest BCUT2D eigenvalue weighted by Crippen LogP contribution is -2.65. The number of carbonyl (C=O) groups is 8. The van der Waals surface area contributed by atoms with Gasteiger partial charge in [0.05, 0.1) is 46.8 Å². The Hall–Kier alpha value is -10.8. The molecule has 0 aliphatic carbocycles. The first-order valence-electron chi connectivity index (χ1n) is 37.6. The summed E-state index contributed by atoms with van der Waals surface area (Å²) in [6, 6.07) is 9.16. The molecule has 7 aliphatic heterocycles. The molecule has 0 spiro atoms. The number of phenolic OH excluding ortho intramolecular Hbond substituents is 3. The number of carboxylic acid groups (broad SMARTS) is 1. The molecule has 2 saturated heterocycles. The molecule has 0 radical (unpaired) electrons. The molecule has 6 aromatic carbocycles. The number of phenols is 3. The van der Waals surface area contributed by atoms with Crippen LogP contribution in [0.4, 0.5) is 5.69 Å². The Labute approximate surface area is 678 Å². The van der Waals surface area contributed by atoms with E-state index in [0.29, 0.717) is 25.9 Å². The summed E-state index contributed by atoms with van der Waals surface area (Å²) in [5.74, 6) is -16.0. The minimum Gasteiger partial charge on any atom is -0.508 e. The molecule has 14 rings (SSSR count). The van der Waals surface area contributed by atoms with E-state index in [1.807, 2.05) is 51.1 Å². The van der Waals surface area contributed by atoms with Crippen molar-refractivity contribution >= 4 is 87.1 Å². The Bertz CT molecular complexity index is 4970. The van der Waals surface area contributed by atoms with Crippen molar-refractivity contribution in [3.63, 3.8) is 0 Å². The van der Waals surface area contributed by atoms with Crippen molar-refractivity contribution < 1.29 is 118 Å². The predicted molar refractivity (Wildman–Crippen MR) is 417 cm³/mol. The number of benzene rings is 6. The molecule has 11 bridgehead atoms. The molecule has 2 fully saturated rings. The molecule has 21 N–H and O–H groups in total. The zero-order valence-corrected chi connectivity index (χ0v) is 65.4. The SMILES string of the molecule is CN[C@H](CC(C)C)C(=O)N[C@H]1C(=O)N[C@@H](CC(N)=O)C(=O)N[C@H]2C(=O)N[C@H]3C(=O)N[C@H](C(=O)N[C@H](C(=O)O)c4cc(O)cc(O)c4-c4cc3ccc4O)[C@H](O)c3ccc(c(Cl)c3)Oc3cc2cc(c3O[C@@H]2O[C@H](CO)[C@@H](O)[C@H](O)[C@H]2O[C@H]2C[C@](C)(NCCCCNc3cc(C)nc4ccccc34)[C@H](O)[C@H](C)O2)Oc2ccc(cc2Cl)[C@H]1O. The Morgan fingerprint density at radius 3 is 2.00 bits per heavy atom. The highest BCUT2D eigenvalue weighted by Gasteiger charge is 2.52. The predicted octanol–water partition coefficient (Wildman–Crippen LogP) is 3.49. The number of nitrogens with two attached hydrogens (primary N) is 1. The van der Waals surface area contributed by atoms with E-state index in [1.165, 1.54) is 19.2 Å². The number of likely N-dealkylation sites (N-methyl/N-ethyl adjacent to an activating group) is 1. The summed E-state index contributed by atoms with van der Waals surface area (Å²) >= 11 is 14.3. The van der Waals surface area contributed by atoms with Crippen LogP contribution in [0.25, 0.3) is 22.0 Å². The highest BCUT2D eigenvalue weighted by molar-refractivity contribution is 6.32. The number of amides is 7. The van der Waals surface area contributed by atoms with E-state index >= 15 is 14.4 Å². The molecule has 35 nitrogen and oxygen atoms in total. The first kappa shape index (κ1) is 85.6. The summed E-state index contributed by atoms with van der Waals surface area (Å²) < 4.78 is 39.5. The molecule has 0 saturated carbocycles. The van der Waals surface area contributed by atoms with Crippen LogP contribution in [0.15, 0.2) is 109 Å². The van der Waals surface area contributed by atoms with E-state index < -0.39 is 237 Å². The molecule has 1 aromatic heterocycles. The third-order valence-electron chi connectivity index (χ3n) is 21.0. The first-order chi connectivity index (χ1) is 55.6. The van der Waals surface area contributed by atoms with Crippen molar-refractivity contribution in [2.75, 3.05) is 32.1 Å². The van der Waals surface area contributed by atoms with Crippen LogP contribution in [0.1, 0.15) is 124 Å². The zero-order chi connectivity index (χ0) is 84.3. The molecular formula is C80H91Cl2N11O24. The van der Waals surface area contributed by atoms with Gasteiger partial charge in [-0.05, 0) is 149 Å². The number of fused-ring (bicyclic) bond motifs is 16. The number of unbranched alkanes of at least 4 members (excludes halogenated alkanes) is 1. The van der Waals surface area contributed by atoms with Crippen LogP contribution in [0.5, 0.6) is 46.0 Å². The number of hydrogen-bond donors (Lipinski definition) is 20. The first-order valence-corrected chi connectivity index (χ1v) is 38.4. The van der Waals surface area contributed by atoms with E-state index in [9.17, 15) is 75.0 Å². The van der Waals surface area contributed by atoms with E-state index in [0.717, 1.165) is 89.0 Å². The minimum atomic E-state index is -2.36. The molecule has 624 valence electrons. The number of nitrogens with one attached hydrogen (secondary N) is 9. The van der Waals surface area contributed by atoms with Gasteiger partial charge in [0, 0.05) is 58.0 Å². The number of rotatable bonds is 20. The topological polar surface area (TPSA) is 541 Å². The Balaban J connectivity index is 1.01. The second-order valence-electron chi connectivity index (χ2n) is 30.0. The van der Waals surface area contributed by atoms with E-state index in [-0.39, 0.29) is 46.2 Å². The van der Waals surface area contributed by atoms with Gasteiger partial charge in [-0.2, -0.15) is 0 Å². The fraction of sp³-hybridized carbons (Fsp3) is 0.412. The minimum absolute atomic E-state index is 0.105. The number of aromatic hydroxyl groups is 3. The maximum Gasteiger partial charge on any atom is 0.330 e. The Morgan fingerprint density at radius 2 is 1.35 bits per heavy atom. The molecule has 0 unspecified atom stereocenters. The summed E-state index contributed by atoms with van der Waals surface area (Å²) in [6.45, 7) is 8.88. The highest BCUT2D eigenvalue weighted by atomic mass is 35.5. The summed E-state index contributed by atoms with van der Waals surface area (Å²) in [7, 11) is 1.48. The lowest BCUT2D eigenvalue weighted by Gasteiger charge is -2.48. The number of para-hydroxylation sites is 1. The number of hydrogen-bond acceptors (Lipinski definition) is 27. The van der Waals surface area contributed by atoms with E-state index in [4.69, 9.17) is 57.4 Å². The number of aliphatic hydroxyl groups is 6. The number of nitrogens with zero attached hydrogens (tertiary/aromatic N) is 1. The molecular weight excluding hydrogens is 1570 g/mol. The summed E-state index contributed by atoms with van der Waals surface area (Å²) in [5, 5.41) is 141. The number of ether oxygens (including phenoxy) is 6. The second-order valence-corrected chi connectivity index (χ2v) is 30.8. The van der Waals surface area contributed by atoms with Gasteiger partial charge < -0.3 is 133 Å². The number of carboxylic acids is 1. The van der Waals surface area contributed by atoms with Crippen LogP contribution < -0.4 is 67.8 Å². The van der Waals surface area contributed by atoms with Gasteiger partial charge in [0.2, 0.25) is 53.4 Å². The Morgan fingerprint density at radius 1 is 0.709 bits per heavy atom. The average molecular weight is 1660 g/mol. The van der Waals surface area contributed by atoms with Gasteiger partial charge in [-0.25, -0.2) is 4.79 Å². The smallest absolute Gasteiger partial charge is 0.330 e. The number of primary amides is 1. The maximum atomic E-state index is 16.2. The number of anilines is 1. The lowest BCUT2D eigenvalue weighted by atomic mass is 9.85. The van der Waals surface area contributed by atoms with Gasteiger partial charge in [-0.15, -0.1) is 0 Å². The number of carbonyl (C=O) groups excluding carboxylic acids is 7. The molecule has 8 heterocycles. The van der Waals surface area contributed by atoms with Crippen LogP contribution in [0.2, 0.25) is 10.0 Å². The number of pyridine rings is 1. The van der Waals surface area contributed by atoms with Crippen LogP contribution in [0.3, 0.4) is 0 Å². The highest BCUT2D eigenvalue weighted by Crippen LogP contribution is 2.50. The van der Waals surface area contributed by atoms with Crippen molar-refractivity contribution in [1.29, 1.82) is 0 Å². The monoisotopic (exact) mass is 1660 g/mol. The van der Waals surface area contributed by atoms with Gasteiger partial charge in [0.25, 0.3) is 0 Å². The molecule has 18 atom stereocenters. The summed E-state index contributed by atoms with van der Waals surface area (Å²) in [4.78, 5) is 123. The van der Waals surface area contributed by atoms with Gasteiger partial charge in [0.15, 0.2) is 29.9 Å². The fourth-order valence-electron chi connectivity index (χ4n) is 14.9. The Kier molecular flexibility index (Phi) is 26.3. The zero-order valence-electron chi connectivity index (χ0n) is 63.9. The van der Waals surface area contributed by atoms with Crippen LogP contribution in [-0.4, -0.2) is 209 Å². The number of aromatic nitrogens is 1. The summed E-state index contributed by atoms with van der Waals surface area (Å²) in [6.07, 6.45) is -17.1. The molecule has 7 aromatic rings. The number of aliphatic hydroxyl groups excluding tert-OH is 6. The lowest BCUT2D eigenvalue weighted by molar-refractivity contribution is -0.334. The molecule has 7 aliphatic rings. The molecule has 37 heteroatoms. The third kappa shape index (κ3) is 18.8. The van der Waals surface area contributed by atoms with Crippen molar-refractivity contribution in [1.82, 2.24) is 47.5 Å². The van der Waals surface area contributed by atoms with Crippen LogP contribution in [-0.2, 0) is 52.6 Å². The number of aliphatic carboxylic acids is 1. The fourth-order valence-corrected chi connectivity index (χ4v) is 15.4. The number of aryl methyl sites for hydroxylation is 1. The van der Waals surface area contributed by atoms with E-state index in [1.54, 1.807) is 13.8 Å². The van der Waals surface area contributed by atoms with Crippen LogP contribution in [0, 0.1) is 12.8 Å². The van der Waals surface area contributed by atoms with E-state index in [2.05, 4.69) is 52.8 Å². The van der Waals surface area contributed by atoms with Crippen molar-refractivity contribution in [3.05, 3.63) is 153 Å². The second kappa shape index (κ2) is 36.0. The largest absolute Gasteiger partial charge is 0.508 e. The third-order valence-corrected chi connectivity index (χ3v) is 21.6. The standard InChI is InChI=1S/C80H91Cl2N11O24/c1-33(2)21-48(84-6)72(104)92-63-65(99)37-14-17-52(44(81)24-37)113-54-26-39-27-55(69(54)117-79-70(68(102)67(101)56(32-94)115-79)116-58-31-80(5,71(103)35(4)112-58)86-20-10-9-19-85-47-22-34(3)87-46-12-8-7-11-41(46)47)114-53-18-15-38(25-45(53)82)66(100)64-77(109)91-62(78(110)111)43-28-40(95)29-51(97)59(43)42-23-36(13-16-50(42)96)60(74(106)93-64)90-75(107)61(39)89-73(105)49(30-57(83)98)88-76(63)108/h7-8,11-18,22-29,33,35,48-49,56,58,60-68,70-71,79,84,86,94-97,99-103H,9-10,19-21,30-32H2,1-6H3,(H2,83,98)(H,85,87)(H,88,108)(H,89,105)(H,90,107)(H,91,109)(H,92,104)(H,93,106)(H,110,111)/t35-,48+,49-,56+,58-,60+,61+,62-,63+,64-,65+,66+,67+,68-,70+,71+,79-,80-/m0/s1. The van der Waals surface area contributed by atoms with Crippen molar-refractivity contribution in [3.8, 4) is 57.1 Å².